The molecule has 1 aromatic rings. The van der Waals surface area contributed by atoms with E-state index in [9.17, 15) is 4.79 Å². The molecule has 110 valence electrons. The van der Waals surface area contributed by atoms with Crippen molar-refractivity contribution in [2.75, 3.05) is 0 Å². The molecule has 0 aromatic heterocycles. The summed E-state index contributed by atoms with van der Waals surface area (Å²) in [6.07, 6.45) is 8.27. The minimum atomic E-state index is -0.746. The summed E-state index contributed by atoms with van der Waals surface area (Å²) in [6.45, 7) is 0. The minimum Gasteiger partial charge on any atom is -0.481 e. The number of carboxylic acids is 1. The van der Waals surface area contributed by atoms with E-state index >= 15 is 0 Å². The van der Waals surface area contributed by atoms with Gasteiger partial charge in [0.2, 0.25) is 0 Å². The third-order valence-corrected chi connectivity index (χ3v) is 4.35. The fourth-order valence-corrected chi connectivity index (χ4v) is 3.09. The zero-order valence-corrected chi connectivity index (χ0v) is 12.1. The van der Waals surface area contributed by atoms with Crippen LogP contribution in [0.15, 0.2) is 24.3 Å². The monoisotopic (exact) mass is 275 g/mol. The maximum Gasteiger partial charge on any atom is 0.303 e. The number of carbonyl (C=O) groups is 1. The summed E-state index contributed by atoms with van der Waals surface area (Å²) in [5.74, 6) is -0.0223. The lowest BCUT2D eigenvalue weighted by molar-refractivity contribution is -0.137. The first kappa shape index (κ1) is 15.0. The summed E-state index contributed by atoms with van der Waals surface area (Å²) in [4.78, 5) is 10.5. The Morgan fingerprint density at radius 3 is 2.45 bits per heavy atom. The molecule has 1 aromatic carbocycles. The molecule has 1 unspecified atom stereocenters. The molecular weight excluding hydrogens is 250 g/mol. The first-order chi connectivity index (χ1) is 9.66. The van der Waals surface area contributed by atoms with Crippen LogP contribution in [-0.2, 0) is 4.79 Å². The Hall–Kier alpha value is -1.35. The molecule has 1 atom stereocenters. The lowest BCUT2D eigenvalue weighted by atomic mass is 9.83. The predicted molar refractivity (Wildman–Crippen MR) is 80.7 cm³/mol. The predicted octanol–water partition coefficient (Wildman–Crippen LogP) is 3.99. The second kappa shape index (κ2) is 7.44. The summed E-state index contributed by atoms with van der Waals surface area (Å²) in [6, 6.07) is 8.62. The van der Waals surface area contributed by atoms with Gasteiger partial charge in [-0.1, -0.05) is 43.5 Å². The number of rotatable bonds is 6. The molecule has 2 rings (SSSR count). The number of hydrogen-bond acceptors (Lipinski definition) is 2. The van der Waals surface area contributed by atoms with Gasteiger partial charge in [0.1, 0.15) is 0 Å². The van der Waals surface area contributed by atoms with Gasteiger partial charge in [0.25, 0.3) is 0 Å². The lowest BCUT2D eigenvalue weighted by Gasteiger charge is -2.22. The molecule has 3 nitrogen and oxygen atoms in total. The van der Waals surface area contributed by atoms with Crippen LogP contribution in [-0.4, -0.2) is 11.1 Å². The van der Waals surface area contributed by atoms with Crippen molar-refractivity contribution in [3.8, 4) is 0 Å². The summed E-state index contributed by atoms with van der Waals surface area (Å²) in [5.41, 5.74) is 8.67. The Bertz CT molecular complexity index is 421. The van der Waals surface area contributed by atoms with Crippen molar-refractivity contribution in [2.24, 2.45) is 5.73 Å². The Morgan fingerprint density at radius 1 is 1.20 bits per heavy atom. The Labute approximate surface area is 121 Å². The molecule has 0 spiro atoms. The van der Waals surface area contributed by atoms with Crippen molar-refractivity contribution in [3.05, 3.63) is 35.4 Å². The molecule has 3 N–H and O–H groups in total. The van der Waals surface area contributed by atoms with Crippen LogP contribution in [0, 0.1) is 0 Å². The standard InChI is InChI=1S/C17H25NO2/c18-16(7-4-8-17(19)20)15-11-9-14(10-12-15)13-5-2-1-3-6-13/h9-13,16H,1-8,18H2,(H,19,20). The van der Waals surface area contributed by atoms with E-state index in [2.05, 4.69) is 24.3 Å². The lowest BCUT2D eigenvalue weighted by Crippen LogP contribution is -2.11. The highest BCUT2D eigenvalue weighted by Crippen LogP contribution is 2.33. The molecule has 3 heteroatoms. The van der Waals surface area contributed by atoms with Crippen LogP contribution in [0.2, 0.25) is 0 Å². The number of hydrogen-bond donors (Lipinski definition) is 2. The molecule has 0 aliphatic heterocycles. The normalized spacial score (nSPS) is 17.9. The van der Waals surface area contributed by atoms with Crippen LogP contribution in [0.4, 0.5) is 0 Å². The highest BCUT2D eigenvalue weighted by Gasteiger charge is 2.15. The van der Waals surface area contributed by atoms with Crippen molar-refractivity contribution < 1.29 is 9.90 Å². The van der Waals surface area contributed by atoms with Crippen LogP contribution in [0.3, 0.4) is 0 Å². The van der Waals surface area contributed by atoms with Gasteiger partial charge in [-0.15, -0.1) is 0 Å². The van der Waals surface area contributed by atoms with E-state index in [1.54, 1.807) is 0 Å². The van der Waals surface area contributed by atoms with E-state index in [0.29, 0.717) is 6.42 Å². The van der Waals surface area contributed by atoms with Gasteiger partial charge >= 0.3 is 5.97 Å². The van der Waals surface area contributed by atoms with Gasteiger partial charge < -0.3 is 10.8 Å². The largest absolute Gasteiger partial charge is 0.481 e. The molecule has 1 fully saturated rings. The number of carboxylic acid groups (broad SMARTS) is 1. The number of nitrogens with two attached hydrogens (primary N) is 1. The van der Waals surface area contributed by atoms with Gasteiger partial charge in [0, 0.05) is 12.5 Å². The van der Waals surface area contributed by atoms with Gasteiger partial charge in [0.05, 0.1) is 0 Å². The first-order valence-corrected chi connectivity index (χ1v) is 7.74. The number of benzene rings is 1. The average Bonchev–Trinajstić information content (AvgIpc) is 2.48. The molecule has 0 amide bonds. The third kappa shape index (κ3) is 4.34. The van der Waals surface area contributed by atoms with Crippen LogP contribution in [0.25, 0.3) is 0 Å². The van der Waals surface area contributed by atoms with Crippen molar-refractivity contribution in [3.63, 3.8) is 0 Å². The zero-order valence-electron chi connectivity index (χ0n) is 12.1. The maximum absolute atomic E-state index is 10.5. The fraction of sp³-hybridized carbons (Fsp3) is 0.588. The van der Waals surface area contributed by atoms with Gasteiger partial charge in [-0.3, -0.25) is 4.79 Å². The van der Waals surface area contributed by atoms with Gasteiger partial charge in [-0.2, -0.15) is 0 Å². The van der Waals surface area contributed by atoms with E-state index in [-0.39, 0.29) is 12.5 Å². The van der Waals surface area contributed by atoms with Gasteiger partial charge in [0.15, 0.2) is 0 Å². The quantitative estimate of drug-likeness (QED) is 0.825. The first-order valence-electron chi connectivity index (χ1n) is 7.74. The third-order valence-electron chi connectivity index (χ3n) is 4.35. The Morgan fingerprint density at radius 2 is 1.85 bits per heavy atom. The molecular formula is C17H25NO2. The van der Waals surface area contributed by atoms with Crippen molar-refractivity contribution in [1.29, 1.82) is 0 Å². The summed E-state index contributed by atoms with van der Waals surface area (Å²) in [5, 5.41) is 8.64. The second-order valence-corrected chi connectivity index (χ2v) is 5.89. The molecule has 1 aliphatic rings. The van der Waals surface area contributed by atoms with Crippen molar-refractivity contribution >= 4 is 5.97 Å². The van der Waals surface area contributed by atoms with Crippen molar-refractivity contribution in [1.82, 2.24) is 0 Å². The average molecular weight is 275 g/mol. The molecule has 0 heterocycles. The summed E-state index contributed by atoms with van der Waals surface area (Å²) >= 11 is 0. The highest BCUT2D eigenvalue weighted by molar-refractivity contribution is 5.66. The second-order valence-electron chi connectivity index (χ2n) is 5.89. The molecule has 1 aliphatic carbocycles. The molecule has 0 saturated heterocycles. The van der Waals surface area contributed by atoms with Crippen LogP contribution >= 0.6 is 0 Å². The molecule has 0 radical (unpaired) electrons. The van der Waals surface area contributed by atoms with E-state index in [0.717, 1.165) is 17.9 Å². The SMILES string of the molecule is NC(CCCC(=O)O)c1ccc(C2CCCCC2)cc1. The van der Waals surface area contributed by atoms with E-state index in [1.165, 1.54) is 37.7 Å². The summed E-state index contributed by atoms with van der Waals surface area (Å²) < 4.78 is 0. The fourth-order valence-electron chi connectivity index (χ4n) is 3.09. The smallest absolute Gasteiger partial charge is 0.303 e. The van der Waals surface area contributed by atoms with Crippen molar-refractivity contribution in [2.45, 2.75) is 63.3 Å². The van der Waals surface area contributed by atoms with Gasteiger partial charge in [-0.25, -0.2) is 0 Å². The van der Waals surface area contributed by atoms with E-state index in [4.69, 9.17) is 10.8 Å². The van der Waals surface area contributed by atoms with Gasteiger partial charge in [-0.05, 0) is 42.7 Å². The Kier molecular flexibility index (Phi) is 5.60. The van der Waals surface area contributed by atoms with E-state index in [1.807, 2.05) is 0 Å². The summed E-state index contributed by atoms with van der Waals surface area (Å²) in [7, 11) is 0. The van der Waals surface area contributed by atoms with Crippen LogP contribution in [0.5, 0.6) is 0 Å². The highest BCUT2D eigenvalue weighted by atomic mass is 16.4. The topological polar surface area (TPSA) is 63.3 Å². The van der Waals surface area contributed by atoms with Crippen LogP contribution in [0.1, 0.15) is 74.5 Å². The molecule has 20 heavy (non-hydrogen) atoms. The van der Waals surface area contributed by atoms with Crippen LogP contribution < -0.4 is 5.73 Å². The minimum absolute atomic E-state index is 0.0465. The maximum atomic E-state index is 10.5. The molecule has 0 bridgehead atoms. The zero-order chi connectivity index (χ0) is 14.4. The Balaban J connectivity index is 1.88. The van der Waals surface area contributed by atoms with E-state index < -0.39 is 5.97 Å². The molecule has 1 saturated carbocycles. The number of aliphatic carboxylic acids is 1.